The molecule has 0 radical (unpaired) electrons. The summed E-state index contributed by atoms with van der Waals surface area (Å²) in [6.45, 7) is 2.45. The van der Waals surface area contributed by atoms with E-state index in [9.17, 15) is 29.1 Å². The third-order valence-electron chi connectivity index (χ3n) is 8.20. The second-order valence-corrected chi connectivity index (χ2v) is 14.7. The lowest BCUT2D eigenvalue weighted by atomic mass is 10.1. The van der Waals surface area contributed by atoms with Gasteiger partial charge in [-0.1, -0.05) is 115 Å². The lowest BCUT2D eigenvalue weighted by Gasteiger charge is -2.21. The molecule has 2 atom stereocenters. The Morgan fingerprint density at radius 3 is 1.41 bits per heavy atom. The number of carbonyl (C=O) groups excluding carboxylic acids is 3. The highest BCUT2D eigenvalue weighted by Gasteiger charge is 2.49. The van der Waals surface area contributed by atoms with Crippen LogP contribution in [0.1, 0.15) is 168 Å². The summed E-state index contributed by atoms with van der Waals surface area (Å²) in [4.78, 5) is 65.6. The summed E-state index contributed by atoms with van der Waals surface area (Å²) in [5.41, 5.74) is 0. The maximum absolute atomic E-state index is 12.6. The van der Waals surface area contributed by atoms with Gasteiger partial charge in [-0.25, -0.2) is 0 Å². The number of hydrogen-bond donors (Lipinski definition) is 4. The fraction of sp³-hybridized carbons (Fsp3) is 0.816. The maximum atomic E-state index is 12.6. The monoisotopic (exact) mass is 717 g/mol. The van der Waals surface area contributed by atoms with Crippen LogP contribution < -0.4 is 0 Å². The van der Waals surface area contributed by atoms with Gasteiger partial charge < -0.3 is 19.3 Å². The normalized spacial score (nSPS) is 13.3. The number of aliphatic hydroxyl groups excluding tert-OH is 1. The number of ether oxygens (including phenoxy) is 3. The third-order valence-corrected chi connectivity index (χ3v) is 9.27. The number of aliphatic hydroxyl groups is 1. The van der Waals surface area contributed by atoms with Crippen LogP contribution in [0.3, 0.4) is 0 Å². The second kappa shape index (κ2) is 33.5. The molecular formula is C38H70O10P+. The highest BCUT2D eigenvalue weighted by molar-refractivity contribution is 7.60. The van der Waals surface area contributed by atoms with Crippen LogP contribution >= 0.6 is 7.94 Å². The van der Waals surface area contributed by atoms with E-state index in [0.29, 0.717) is 12.8 Å². The molecule has 0 amide bonds. The Labute approximate surface area is 297 Å². The first kappa shape index (κ1) is 47.3. The van der Waals surface area contributed by atoms with Crippen molar-refractivity contribution < 1.29 is 48.4 Å². The Morgan fingerprint density at radius 1 is 0.571 bits per heavy atom. The summed E-state index contributed by atoms with van der Waals surface area (Å²) in [6, 6.07) is 0. The summed E-state index contributed by atoms with van der Waals surface area (Å²) in [7, 11) is -4.80. The predicted octanol–water partition coefficient (Wildman–Crippen LogP) is 8.60. The number of hydrogen-bond acceptors (Lipinski definition) is 10. The molecule has 1 unspecified atom stereocenters. The third kappa shape index (κ3) is 30.8. The lowest BCUT2D eigenvalue weighted by Crippen LogP contribution is -2.36. The van der Waals surface area contributed by atoms with Gasteiger partial charge in [-0.05, 0) is 64.2 Å². The molecule has 49 heavy (non-hydrogen) atoms. The van der Waals surface area contributed by atoms with E-state index in [2.05, 4.69) is 38.2 Å². The standard InChI is InChI=1S/C38H70O10P/c1-3-5-7-9-11-13-15-17-19-21-23-25-27-29-36(41)46-32-34(33-47-38(35(40)31-39)49(43,44)45)48-37(42)30-28-26-24-22-20-18-16-14-12-10-8-6-4-2/h13-16,34,38-39,43-45H,3-12,17-33H2,1-2H3/q+1/t34-,38?/m1/s1. The van der Waals surface area contributed by atoms with Crippen LogP contribution in [0.5, 0.6) is 0 Å². The molecule has 0 aromatic carbocycles. The van der Waals surface area contributed by atoms with Crippen molar-refractivity contribution in [1.82, 2.24) is 0 Å². The predicted molar refractivity (Wildman–Crippen MR) is 197 cm³/mol. The number of allylic oxidation sites excluding steroid dienone is 4. The van der Waals surface area contributed by atoms with Gasteiger partial charge in [0.2, 0.25) is 5.78 Å². The van der Waals surface area contributed by atoms with Crippen LogP contribution in [0, 0.1) is 0 Å². The van der Waals surface area contributed by atoms with Gasteiger partial charge in [0.1, 0.15) is 13.2 Å². The molecule has 0 aromatic heterocycles. The fourth-order valence-corrected chi connectivity index (χ4v) is 6.01. The van der Waals surface area contributed by atoms with Crippen LogP contribution in [0.25, 0.3) is 0 Å². The summed E-state index contributed by atoms with van der Waals surface area (Å²) >= 11 is 0. The smallest absolute Gasteiger partial charge is 0.443 e. The van der Waals surface area contributed by atoms with Gasteiger partial charge in [0.05, 0.1) is 6.61 Å². The van der Waals surface area contributed by atoms with E-state index in [-0.39, 0.29) is 19.4 Å². The topological polar surface area (TPSA) is 160 Å². The minimum absolute atomic E-state index is 0.146. The van der Waals surface area contributed by atoms with Crippen molar-refractivity contribution in [3.05, 3.63) is 24.3 Å². The van der Waals surface area contributed by atoms with E-state index < -0.39 is 50.8 Å². The van der Waals surface area contributed by atoms with Crippen molar-refractivity contribution in [2.24, 2.45) is 0 Å². The van der Waals surface area contributed by atoms with Crippen LogP contribution in [0.15, 0.2) is 24.3 Å². The van der Waals surface area contributed by atoms with Gasteiger partial charge in [0, 0.05) is 12.8 Å². The molecule has 10 nitrogen and oxygen atoms in total. The molecular weight excluding hydrogens is 647 g/mol. The Balaban J connectivity index is 4.47. The average Bonchev–Trinajstić information content (AvgIpc) is 3.07. The Bertz CT molecular complexity index is 871. The van der Waals surface area contributed by atoms with Crippen molar-refractivity contribution in [2.45, 2.75) is 180 Å². The van der Waals surface area contributed by atoms with E-state index in [4.69, 9.17) is 19.3 Å². The number of esters is 2. The highest BCUT2D eigenvalue weighted by Crippen LogP contribution is 2.51. The van der Waals surface area contributed by atoms with Crippen LogP contribution in [-0.2, 0) is 28.6 Å². The van der Waals surface area contributed by atoms with Crippen LogP contribution in [-0.4, -0.2) is 69.3 Å². The van der Waals surface area contributed by atoms with Crippen molar-refractivity contribution >= 4 is 25.7 Å². The summed E-state index contributed by atoms with van der Waals surface area (Å²) < 4.78 is 15.9. The second-order valence-electron chi connectivity index (χ2n) is 13.0. The molecule has 0 bridgehead atoms. The Morgan fingerprint density at radius 2 is 0.980 bits per heavy atom. The SMILES string of the molecule is CCCCCCC=CCCCCCCCC(=O)OC[C@H](COC(C(=O)CO)[P+](O)(O)O)OC(=O)CCCCCCCC=CCCCCCC. The highest BCUT2D eigenvalue weighted by atomic mass is 31.2. The first-order chi connectivity index (χ1) is 23.6. The van der Waals surface area contributed by atoms with E-state index >= 15 is 0 Å². The molecule has 0 aromatic rings. The van der Waals surface area contributed by atoms with E-state index in [1.165, 1.54) is 51.4 Å². The molecule has 0 fully saturated rings. The van der Waals surface area contributed by atoms with E-state index in [1.807, 2.05) is 0 Å². The molecule has 0 aliphatic rings. The molecule has 0 saturated heterocycles. The van der Waals surface area contributed by atoms with E-state index in [1.54, 1.807) is 0 Å². The molecule has 4 N–H and O–H groups in total. The van der Waals surface area contributed by atoms with Crippen molar-refractivity contribution in [1.29, 1.82) is 0 Å². The number of unbranched alkanes of at least 4 members (excludes halogenated alkanes) is 18. The largest absolute Gasteiger partial charge is 0.462 e. The number of Topliss-reactive ketones (excluding diaryl/α,β-unsaturated/α-hetero) is 1. The lowest BCUT2D eigenvalue weighted by molar-refractivity contribution is -0.164. The maximum Gasteiger partial charge on any atom is 0.443 e. The Kier molecular flexibility index (Phi) is 32.3. The van der Waals surface area contributed by atoms with Gasteiger partial charge >= 0.3 is 25.7 Å². The summed E-state index contributed by atoms with van der Waals surface area (Å²) in [6.07, 6.45) is 32.4. The van der Waals surface area contributed by atoms with Crippen LogP contribution in [0.4, 0.5) is 0 Å². The van der Waals surface area contributed by atoms with E-state index in [0.717, 1.165) is 77.0 Å². The zero-order chi connectivity index (χ0) is 36.4. The van der Waals surface area contributed by atoms with Crippen molar-refractivity contribution in [2.75, 3.05) is 19.8 Å². The molecule has 11 heteroatoms. The quantitative estimate of drug-likeness (QED) is 0.0216. The van der Waals surface area contributed by atoms with Crippen LogP contribution in [0.2, 0.25) is 0 Å². The van der Waals surface area contributed by atoms with Crippen molar-refractivity contribution in [3.8, 4) is 0 Å². The molecule has 0 rings (SSSR count). The Hall–Kier alpha value is -1.68. The zero-order valence-corrected chi connectivity index (χ0v) is 31.6. The molecule has 0 aliphatic carbocycles. The van der Waals surface area contributed by atoms with Gasteiger partial charge in [-0.3, -0.25) is 14.4 Å². The first-order valence-corrected chi connectivity index (χ1v) is 20.8. The molecule has 0 spiro atoms. The molecule has 0 aliphatic heterocycles. The summed E-state index contributed by atoms with van der Waals surface area (Å²) in [5, 5.41) is 9.12. The number of ketones is 1. The number of rotatable bonds is 35. The summed E-state index contributed by atoms with van der Waals surface area (Å²) in [5.74, 6) is -4.23. The minimum Gasteiger partial charge on any atom is -0.462 e. The molecule has 0 saturated carbocycles. The zero-order valence-electron chi connectivity index (χ0n) is 30.7. The van der Waals surface area contributed by atoms with Gasteiger partial charge in [0.25, 0.3) is 0 Å². The van der Waals surface area contributed by atoms with Gasteiger partial charge in [0.15, 0.2) is 6.10 Å². The minimum atomic E-state index is -4.80. The molecule has 0 heterocycles. The fourth-order valence-electron chi connectivity index (χ4n) is 5.25. The number of carbonyl (C=O) groups is 3. The molecule has 286 valence electrons. The van der Waals surface area contributed by atoms with Gasteiger partial charge in [-0.2, -0.15) is 14.7 Å². The van der Waals surface area contributed by atoms with Gasteiger partial charge in [-0.15, -0.1) is 0 Å². The average molecular weight is 718 g/mol. The first-order valence-electron chi connectivity index (χ1n) is 19.1. The van der Waals surface area contributed by atoms with Crippen molar-refractivity contribution in [3.63, 3.8) is 0 Å².